The summed E-state index contributed by atoms with van der Waals surface area (Å²) in [5.74, 6) is -0.687. The number of piperazine rings is 1. The average Bonchev–Trinajstić information content (AvgIpc) is 3.32. The van der Waals surface area contributed by atoms with Crippen molar-refractivity contribution < 1.29 is 18.7 Å². The first-order chi connectivity index (χ1) is 20.2. The molecular weight excluding hydrogens is 535 g/mol. The van der Waals surface area contributed by atoms with Gasteiger partial charge in [0.25, 0.3) is 0 Å². The van der Waals surface area contributed by atoms with Crippen LogP contribution in [-0.2, 0) is 26.2 Å². The van der Waals surface area contributed by atoms with Crippen molar-refractivity contribution in [3.05, 3.63) is 65.0 Å². The van der Waals surface area contributed by atoms with Crippen molar-refractivity contribution in [3.8, 4) is 0 Å². The van der Waals surface area contributed by atoms with Crippen LogP contribution in [0, 0.1) is 5.82 Å². The predicted molar refractivity (Wildman–Crippen MR) is 162 cm³/mol. The van der Waals surface area contributed by atoms with E-state index in [1.165, 1.54) is 17.0 Å². The van der Waals surface area contributed by atoms with E-state index in [2.05, 4.69) is 34.3 Å². The van der Waals surface area contributed by atoms with E-state index in [1.807, 2.05) is 25.1 Å². The van der Waals surface area contributed by atoms with Crippen LogP contribution in [0.5, 0.6) is 0 Å². The molecule has 2 aromatic carbocycles. The number of fused-ring (bicyclic) bond motifs is 1. The number of carbonyl (C=O) groups is 2. The molecule has 3 heterocycles. The smallest absolute Gasteiger partial charge is 0.243 e. The second-order valence-electron chi connectivity index (χ2n) is 12.3. The highest BCUT2D eigenvalue weighted by Gasteiger charge is 2.45. The Morgan fingerprint density at radius 1 is 1.14 bits per heavy atom. The van der Waals surface area contributed by atoms with Gasteiger partial charge in [-0.2, -0.15) is 0 Å². The molecule has 4 atom stereocenters. The van der Waals surface area contributed by atoms with Gasteiger partial charge >= 0.3 is 0 Å². The quantitative estimate of drug-likeness (QED) is 0.413. The third-order valence-corrected chi connectivity index (χ3v) is 9.02. The van der Waals surface area contributed by atoms with Gasteiger partial charge in [-0.25, -0.2) is 4.39 Å². The van der Waals surface area contributed by atoms with E-state index >= 15 is 0 Å². The van der Waals surface area contributed by atoms with Crippen LogP contribution in [0.4, 0.5) is 10.1 Å². The van der Waals surface area contributed by atoms with Gasteiger partial charge in [0.05, 0.1) is 25.2 Å². The lowest BCUT2D eigenvalue weighted by molar-refractivity contribution is -0.149. The number of benzene rings is 2. The fourth-order valence-electron chi connectivity index (χ4n) is 6.46. The number of anilines is 1. The van der Waals surface area contributed by atoms with E-state index in [-0.39, 0.29) is 49.3 Å². The largest absolute Gasteiger partial charge is 0.383 e. The molecule has 0 aromatic heterocycles. The zero-order valence-corrected chi connectivity index (χ0v) is 25.1. The van der Waals surface area contributed by atoms with Crippen molar-refractivity contribution in [2.75, 3.05) is 70.9 Å². The number of rotatable bonds is 9. The molecule has 228 valence electrons. The maximum Gasteiger partial charge on any atom is 0.243 e. The van der Waals surface area contributed by atoms with E-state index in [9.17, 15) is 14.0 Å². The Hall–Kier alpha value is -2.89. The van der Waals surface area contributed by atoms with Crippen molar-refractivity contribution >= 4 is 17.5 Å². The van der Waals surface area contributed by atoms with Gasteiger partial charge in [0.2, 0.25) is 11.8 Å². The van der Waals surface area contributed by atoms with Gasteiger partial charge in [0.15, 0.2) is 0 Å². The summed E-state index contributed by atoms with van der Waals surface area (Å²) < 4.78 is 18.9. The highest BCUT2D eigenvalue weighted by Crippen LogP contribution is 2.39. The summed E-state index contributed by atoms with van der Waals surface area (Å²) in [7, 11) is 0. The predicted octanol–water partition coefficient (Wildman–Crippen LogP) is 1.80. The third-order valence-electron chi connectivity index (χ3n) is 9.02. The third kappa shape index (κ3) is 6.68. The number of nitrogens with one attached hydrogen (secondary N) is 2. The number of carbonyl (C=O) groups excluding carboxylic acids is 2. The topological polar surface area (TPSA) is 103 Å². The van der Waals surface area contributed by atoms with Crippen LogP contribution in [0.1, 0.15) is 37.5 Å². The molecule has 2 saturated heterocycles. The maximum absolute atomic E-state index is 14.1. The highest BCUT2D eigenvalue weighted by molar-refractivity contribution is 6.03. The lowest BCUT2D eigenvalue weighted by Gasteiger charge is -2.44. The van der Waals surface area contributed by atoms with Gasteiger partial charge in [-0.15, -0.1) is 0 Å². The Bertz CT molecular complexity index is 1260. The molecule has 10 heteroatoms. The summed E-state index contributed by atoms with van der Waals surface area (Å²) in [5, 5.41) is 6.97. The van der Waals surface area contributed by atoms with Gasteiger partial charge in [-0.05, 0) is 62.1 Å². The fraction of sp³-hybridized carbons (Fsp3) is 0.562. The standard InChI is InChI=1S/C32H45FN6O3/c1-22-17-38(27(16-35-22)18-37-12-13-42-20-23(37)2)19-30(40)39(11-10-34)31(41)32(3)21-36-29-15-25(6-9-28(29)32)14-24-4-7-26(33)8-5-24/h4-9,15,22-23,27,35-36H,10-14,16-21,34H2,1-3H3/t22-,23-,27-,32?/m1/s1. The van der Waals surface area contributed by atoms with Crippen LogP contribution in [0.3, 0.4) is 0 Å². The van der Waals surface area contributed by atoms with Crippen LogP contribution in [0.15, 0.2) is 42.5 Å². The number of imide groups is 1. The van der Waals surface area contributed by atoms with Crippen LogP contribution in [0.25, 0.3) is 0 Å². The Morgan fingerprint density at radius 2 is 1.90 bits per heavy atom. The second kappa shape index (κ2) is 13.2. The minimum Gasteiger partial charge on any atom is -0.383 e. The maximum atomic E-state index is 14.1. The zero-order chi connectivity index (χ0) is 29.9. The molecule has 5 rings (SSSR count). The van der Waals surface area contributed by atoms with E-state index in [4.69, 9.17) is 10.5 Å². The Kier molecular flexibility index (Phi) is 9.59. The molecule has 0 saturated carbocycles. The Morgan fingerprint density at radius 3 is 2.64 bits per heavy atom. The number of amides is 2. The number of morpholine rings is 1. The number of halogens is 1. The SMILES string of the molecule is C[C@@H]1CN(CC(=O)N(CCN)C(=O)C2(C)CNc3cc(Cc4ccc(F)cc4)ccc32)[C@@H](CN2CCOC[C@H]2C)CN1. The summed E-state index contributed by atoms with van der Waals surface area (Å²) >= 11 is 0. The summed E-state index contributed by atoms with van der Waals surface area (Å²) in [5.41, 5.74) is 8.88. The molecule has 0 radical (unpaired) electrons. The van der Waals surface area contributed by atoms with Crippen molar-refractivity contribution in [2.45, 2.75) is 50.7 Å². The molecule has 3 aliphatic rings. The minimum atomic E-state index is -0.895. The molecule has 3 aliphatic heterocycles. The number of nitrogens with zero attached hydrogens (tertiary/aromatic N) is 3. The highest BCUT2D eigenvalue weighted by atomic mass is 19.1. The number of hydrogen-bond acceptors (Lipinski definition) is 8. The molecule has 0 spiro atoms. The van der Waals surface area contributed by atoms with E-state index < -0.39 is 5.41 Å². The summed E-state index contributed by atoms with van der Waals surface area (Å²) in [4.78, 5) is 34.0. The Labute approximate surface area is 248 Å². The van der Waals surface area contributed by atoms with Crippen molar-refractivity contribution in [3.63, 3.8) is 0 Å². The van der Waals surface area contributed by atoms with Crippen molar-refractivity contribution in [1.29, 1.82) is 0 Å². The fourth-order valence-corrected chi connectivity index (χ4v) is 6.46. The van der Waals surface area contributed by atoms with Gasteiger partial charge < -0.3 is 21.1 Å². The van der Waals surface area contributed by atoms with Gasteiger partial charge in [0.1, 0.15) is 5.82 Å². The summed E-state index contributed by atoms with van der Waals surface area (Å²) in [6.45, 7) is 11.9. The lowest BCUT2D eigenvalue weighted by atomic mass is 9.82. The summed E-state index contributed by atoms with van der Waals surface area (Å²) in [6, 6.07) is 13.3. The van der Waals surface area contributed by atoms with Gasteiger partial charge in [0, 0.05) is 69.6 Å². The number of hydrogen-bond donors (Lipinski definition) is 3. The molecule has 42 heavy (non-hydrogen) atoms. The average molecular weight is 581 g/mol. The molecule has 9 nitrogen and oxygen atoms in total. The zero-order valence-electron chi connectivity index (χ0n) is 25.1. The van der Waals surface area contributed by atoms with E-state index in [0.29, 0.717) is 19.0 Å². The normalized spacial score (nSPS) is 26.5. The monoisotopic (exact) mass is 580 g/mol. The van der Waals surface area contributed by atoms with Crippen LogP contribution < -0.4 is 16.4 Å². The molecular formula is C32H45FN6O3. The van der Waals surface area contributed by atoms with Crippen LogP contribution in [0.2, 0.25) is 0 Å². The van der Waals surface area contributed by atoms with Gasteiger partial charge in [-0.3, -0.25) is 24.3 Å². The van der Waals surface area contributed by atoms with Gasteiger partial charge in [-0.1, -0.05) is 24.3 Å². The molecule has 0 bridgehead atoms. The van der Waals surface area contributed by atoms with Crippen LogP contribution in [-0.4, -0.2) is 110 Å². The first-order valence-corrected chi connectivity index (χ1v) is 15.1. The first-order valence-electron chi connectivity index (χ1n) is 15.1. The first kappa shape index (κ1) is 30.6. The molecule has 1 unspecified atom stereocenters. The molecule has 2 fully saturated rings. The molecule has 0 aliphatic carbocycles. The summed E-state index contributed by atoms with van der Waals surface area (Å²) in [6.07, 6.45) is 0.658. The molecule has 4 N–H and O–H groups in total. The lowest BCUT2D eigenvalue weighted by Crippen LogP contribution is -2.62. The van der Waals surface area contributed by atoms with Crippen molar-refractivity contribution in [1.82, 2.24) is 20.0 Å². The number of ether oxygens (including phenoxy) is 1. The molecule has 2 amide bonds. The minimum absolute atomic E-state index is 0.157. The molecule has 2 aromatic rings. The second-order valence-corrected chi connectivity index (χ2v) is 12.3. The van der Waals surface area contributed by atoms with Crippen molar-refractivity contribution in [2.24, 2.45) is 5.73 Å². The Balaban J connectivity index is 1.30. The number of nitrogens with two attached hydrogens (primary N) is 1. The van der Waals surface area contributed by atoms with E-state index in [1.54, 1.807) is 12.1 Å². The van der Waals surface area contributed by atoms with E-state index in [0.717, 1.165) is 61.8 Å². The van der Waals surface area contributed by atoms with Crippen LogP contribution >= 0.6 is 0 Å².